The number of carbonyl (C=O) groups is 2. The van der Waals surface area contributed by atoms with Gasteiger partial charge in [-0.15, -0.1) is 0 Å². The fourth-order valence-electron chi connectivity index (χ4n) is 2.61. The number of methoxy groups -OCH3 is 2. The molecule has 1 saturated heterocycles. The van der Waals surface area contributed by atoms with Gasteiger partial charge in [-0.2, -0.15) is 0 Å². The molecule has 2 rings (SSSR count). The Morgan fingerprint density at radius 3 is 2.48 bits per heavy atom. The van der Waals surface area contributed by atoms with Crippen molar-refractivity contribution in [2.75, 3.05) is 27.3 Å². The van der Waals surface area contributed by atoms with E-state index >= 15 is 0 Å². The Morgan fingerprint density at radius 2 is 1.95 bits per heavy atom. The summed E-state index contributed by atoms with van der Waals surface area (Å²) >= 11 is 0. The summed E-state index contributed by atoms with van der Waals surface area (Å²) in [7, 11) is 3.01. The first-order valence-electron chi connectivity index (χ1n) is 6.72. The molecule has 0 unspecified atom stereocenters. The molecule has 1 heterocycles. The predicted octanol–water partition coefficient (Wildman–Crippen LogP) is 1.50. The van der Waals surface area contributed by atoms with Crippen molar-refractivity contribution in [1.29, 1.82) is 0 Å². The number of rotatable bonds is 4. The highest BCUT2D eigenvalue weighted by Crippen LogP contribution is 2.29. The summed E-state index contributed by atoms with van der Waals surface area (Å²) < 4.78 is 10.3. The van der Waals surface area contributed by atoms with Gasteiger partial charge in [0.2, 0.25) is 0 Å². The molecule has 2 atom stereocenters. The van der Waals surface area contributed by atoms with Gasteiger partial charge in [0.15, 0.2) is 0 Å². The van der Waals surface area contributed by atoms with Crippen LogP contribution in [0.15, 0.2) is 18.2 Å². The standard InChI is InChI=1S/C15H19NO5/c1-9-7-16(8-12(9)15(18)19)14(17)11-6-10(20-2)4-5-13(11)21-3/h4-6,9,12H,7-8H2,1-3H3,(H,18,19)/t9-,12-/m1/s1. The van der Waals surface area contributed by atoms with Gasteiger partial charge in [-0.1, -0.05) is 6.92 Å². The number of amides is 1. The molecule has 0 spiro atoms. The Bertz CT molecular complexity index is 557. The number of aliphatic carboxylic acids is 1. The maximum atomic E-state index is 12.6. The zero-order valence-corrected chi connectivity index (χ0v) is 12.3. The van der Waals surface area contributed by atoms with Crippen molar-refractivity contribution < 1.29 is 24.2 Å². The molecule has 0 bridgehead atoms. The Labute approximate surface area is 123 Å². The van der Waals surface area contributed by atoms with Gasteiger partial charge in [0.25, 0.3) is 5.91 Å². The van der Waals surface area contributed by atoms with Crippen molar-refractivity contribution in [3.8, 4) is 11.5 Å². The van der Waals surface area contributed by atoms with Gasteiger partial charge >= 0.3 is 5.97 Å². The van der Waals surface area contributed by atoms with Gasteiger partial charge in [-0.05, 0) is 24.1 Å². The number of carboxylic acids is 1. The zero-order chi connectivity index (χ0) is 15.6. The lowest BCUT2D eigenvalue weighted by atomic mass is 9.99. The fraction of sp³-hybridized carbons (Fsp3) is 0.467. The molecule has 21 heavy (non-hydrogen) atoms. The van der Waals surface area contributed by atoms with E-state index in [0.717, 1.165) is 0 Å². The minimum absolute atomic E-state index is 0.0666. The second-order valence-electron chi connectivity index (χ2n) is 5.20. The molecule has 0 saturated carbocycles. The molecule has 6 nitrogen and oxygen atoms in total. The molecule has 114 valence electrons. The molecule has 1 aliphatic heterocycles. The van der Waals surface area contributed by atoms with E-state index in [1.807, 2.05) is 6.92 Å². The third kappa shape index (κ3) is 2.94. The number of hydrogen-bond donors (Lipinski definition) is 1. The Morgan fingerprint density at radius 1 is 1.24 bits per heavy atom. The quantitative estimate of drug-likeness (QED) is 0.910. The lowest BCUT2D eigenvalue weighted by Gasteiger charge is -2.18. The minimum Gasteiger partial charge on any atom is -0.497 e. The zero-order valence-electron chi connectivity index (χ0n) is 12.3. The number of benzene rings is 1. The monoisotopic (exact) mass is 293 g/mol. The molecule has 1 aromatic carbocycles. The van der Waals surface area contributed by atoms with Crippen LogP contribution in [0.3, 0.4) is 0 Å². The van der Waals surface area contributed by atoms with Crippen LogP contribution in [0.2, 0.25) is 0 Å². The van der Waals surface area contributed by atoms with Crippen LogP contribution < -0.4 is 9.47 Å². The minimum atomic E-state index is -0.865. The summed E-state index contributed by atoms with van der Waals surface area (Å²) in [6.07, 6.45) is 0. The van der Waals surface area contributed by atoms with Gasteiger partial charge in [0.05, 0.1) is 25.7 Å². The van der Waals surface area contributed by atoms with E-state index in [2.05, 4.69) is 0 Å². The van der Waals surface area contributed by atoms with Gasteiger partial charge in [0.1, 0.15) is 11.5 Å². The van der Waals surface area contributed by atoms with Crippen LogP contribution in [0.1, 0.15) is 17.3 Å². The largest absolute Gasteiger partial charge is 0.497 e. The van der Waals surface area contributed by atoms with Crippen LogP contribution in [0, 0.1) is 11.8 Å². The van der Waals surface area contributed by atoms with Crippen molar-refractivity contribution in [2.24, 2.45) is 11.8 Å². The van der Waals surface area contributed by atoms with Gasteiger partial charge in [-0.25, -0.2) is 0 Å². The molecule has 1 aromatic rings. The average Bonchev–Trinajstić information content (AvgIpc) is 2.88. The Hall–Kier alpha value is -2.24. The molecule has 1 aliphatic rings. The maximum Gasteiger partial charge on any atom is 0.308 e. The molecule has 1 amide bonds. The fourth-order valence-corrected chi connectivity index (χ4v) is 2.61. The number of carbonyl (C=O) groups excluding carboxylic acids is 1. The summed E-state index contributed by atoms with van der Waals surface area (Å²) in [6, 6.07) is 4.99. The second kappa shape index (κ2) is 6.03. The molecule has 6 heteroatoms. The van der Waals surface area contributed by atoms with E-state index < -0.39 is 11.9 Å². The highest BCUT2D eigenvalue weighted by Gasteiger charge is 2.37. The van der Waals surface area contributed by atoms with Crippen LogP contribution in [-0.2, 0) is 4.79 Å². The number of nitrogens with zero attached hydrogens (tertiary/aromatic N) is 1. The van der Waals surface area contributed by atoms with Gasteiger partial charge in [0, 0.05) is 13.1 Å². The van der Waals surface area contributed by atoms with Crippen LogP contribution in [-0.4, -0.2) is 49.2 Å². The van der Waals surface area contributed by atoms with E-state index in [1.54, 1.807) is 23.1 Å². The summed E-state index contributed by atoms with van der Waals surface area (Å²) in [6.45, 7) is 2.49. The van der Waals surface area contributed by atoms with Crippen LogP contribution in [0.25, 0.3) is 0 Å². The van der Waals surface area contributed by atoms with Crippen LogP contribution >= 0.6 is 0 Å². The van der Waals surface area contributed by atoms with Crippen molar-refractivity contribution in [3.63, 3.8) is 0 Å². The molecular weight excluding hydrogens is 274 g/mol. The average molecular weight is 293 g/mol. The molecule has 0 aliphatic carbocycles. The smallest absolute Gasteiger partial charge is 0.308 e. The second-order valence-corrected chi connectivity index (χ2v) is 5.20. The summed E-state index contributed by atoms with van der Waals surface area (Å²) in [5.41, 5.74) is 0.384. The number of likely N-dealkylation sites (tertiary alicyclic amines) is 1. The van der Waals surface area contributed by atoms with Crippen molar-refractivity contribution in [3.05, 3.63) is 23.8 Å². The van der Waals surface area contributed by atoms with Crippen LogP contribution in [0.5, 0.6) is 11.5 Å². The Balaban J connectivity index is 2.26. The molecule has 1 fully saturated rings. The lowest BCUT2D eigenvalue weighted by Crippen LogP contribution is -2.30. The highest BCUT2D eigenvalue weighted by atomic mass is 16.5. The van der Waals surface area contributed by atoms with Gasteiger partial charge in [-0.3, -0.25) is 9.59 Å². The Kier molecular flexibility index (Phi) is 4.35. The van der Waals surface area contributed by atoms with E-state index in [4.69, 9.17) is 14.6 Å². The van der Waals surface area contributed by atoms with Crippen LogP contribution in [0.4, 0.5) is 0 Å². The first-order valence-corrected chi connectivity index (χ1v) is 6.72. The predicted molar refractivity (Wildman–Crippen MR) is 75.7 cm³/mol. The van der Waals surface area contributed by atoms with E-state index in [0.29, 0.717) is 23.6 Å². The van der Waals surface area contributed by atoms with E-state index in [-0.39, 0.29) is 18.4 Å². The number of hydrogen-bond acceptors (Lipinski definition) is 4. The topological polar surface area (TPSA) is 76.1 Å². The van der Waals surface area contributed by atoms with Crippen molar-refractivity contribution in [1.82, 2.24) is 4.90 Å². The number of ether oxygens (including phenoxy) is 2. The first kappa shape index (κ1) is 15.2. The number of carboxylic acid groups (broad SMARTS) is 1. The summed E-state index contributed by atoms with van der Waals surface area (Å²) in [5, 5.41) is 9.15. The lowest BCUT2D eigenvalue weighted by molar-refractivity contribution is -0.142. The van der Waals surface area contributed by atoms with Crippen molar-refractivity contribution in [2.45, 2.75) is 6.92 Å². The molecule has 0 aromatic heterocycles. The first-order chi connectivity index (χ1) is 9.97. The van der Waals surface area contributed by atoms with E-state index in [1.165, 1.54) is 14.2 Å². The highest BCUT2D eigenvalue weighted by molar-refractivity contribution is 5.98. The SMILES string of the molecule is COc1ccc(OC)c(C(=O)N2C[C@@H](C)[C@H](C(=O)O)C2)c1. The molecule has 1 N–H and O–H groups in total. The van der Waals surface area contributed by atoms with Gasteiger partial charge < -0.3 is 19.5 Å². The van der Waals surface area contributed by atoms with E-state index in [9.17, 15) is 9.59 Å². The third-order valence-corrected chi connectivity index (χ3v) is 3.85. The summed E-state index contributed by atoms with van der Waals surface area (Å²) in [5.74, 6) is -0.682. The third-order valence-electron chi connectivity index (χ3n) is 3.85. The maximum absolute atomic E-state index is 12.6. The normalized spacial score (nSPS) is 21.2. The molecular formula is C15H19NO5. The van der Waals surface area contributed by atoms with Crippen molar-refractivity contribution >= 4 is 11.9 Å². The summed E-state index contributed by atoms with van der Waals surface area (Å²) in [4.78, 5) is 25.3. The molecule has 0 radical (unpaired) electrons.